The lowest BCUT2D eigenvalue weighted by molar-refractivity contribution is -0.128. The van der Waals surface area contributed by atoms with Gasteiger partial charge in [-0.2, -0.15) is 0 Å². The van der Waals surface area contributed by atoms with Gasteiger partial charge in [-0.3, -0.25) is 19.8 Å². The molecule has 1 aliphatic rings. The van der Waals surface area contributed by atoms with Crippen molar-refractivity contribution >= 4 is 35.2 Å². The topological polar surface area (TPSA) is 67.9 Å². The molecule has 1 heterocycles. The van der Waals surface area contributed by atoms with Crippen molar-refractivity contribution in [1.82, 2.24) is 10.2 Å². The van der Waals surface area contributed by atoms with E-state index in [1.165, 1.54) is 31.3 Å². The molecule has 0 saturated carbocycles. The van der Waals surface area contributed by atoms with Gasteiger partial charge in [-0.1, -0.05) is 12.1 Å². The van der Waals surface area contributed by atoms with E-state index in [9.17, 15) is 9.59 Å². The van der Waals surface area contributed by atoms with Crippen LogP contribution in [0.5, 0.6) is 11.5 Å². The van der Waals surface area contributed by atoms with E-state index in [1.807, 2.05) is 0 Å². The van der Waals surface area contributed by atoms with Crippen LogP contribution in [0.15, 0.2) is 36.4 Å². The first-order valence-corrected chi connectivity index (χ1v) is 7.15. The fraction of sp³-hybridized carbons (Fsp3) is 0.188. The van der Waals surface area contributed by atoms with Gasteiger partial charge in [0.1, 0.15) is 17.1 Å². The van der Waals surface area contributed by atoms with Gasteiger partial charge in [0.25, 0.3) is 11.8 Å². The van der Waals surface area contributed by atoms with Crippen LogP contribution in [0.1, 0.15) is 5.56 Å². The van der Waals surface area contributed by atoms with E-state index < -0.39 is 11.8 Å². The second-order valence-electron chi connectivity index (χ2n) is 4.60. The Morgan fingerprint density at radius 3 is 2.39 bits per heavy atom. The van der Waals surface area contributed by atoms with Gasteiger partial charge in [-0.05, 0) is 30.4 Å². The van der Waals surface area contributed by atoms with E-state index in [-0.39, 0.29) is 17.2 Å². The second kappa shape index (κ2) is 7.06. The average Bonchev–Trinajstić information content (AvgIpc) is 2.55. The normalized spacial score (nSPS) is 16.3. The molecule has 0 aromatic heterocycles. The van der Waals surface area contributed by atoms with Crippen molar-refractivity contribution in [2.45, 2.75) is 0 Å². The highest BCUT2D eigenvalue weighted by atomic mass is 32.1. The van der Waals surface area contributed by atoms with Gasteiger partial charge < -0.3 is 9.47 Å². The van der Waals surface area contributed by atoms with Gasteiger partial charge in [0.05, 0.1) is 19.8 Å². The molecule has 2 amide bonds. The van der Waals surface area contributed by atoms with Crippen LogP contribution in [0, 0.1) is 0 Å². The molecular weight excluding hydrogens is 316 g/mol. The molecule has 6 nitrogen and oxygen atoms in total. The Morgan fingerprint density at radius 1 is 1.26 bits per heavy atom. The number of nitrogens with zero attached hydrogens (tertiary/aromatic N) is 1. The standard InChI is InChI=1S/C16H16N2O4S/c1-4-8-18-15(20)11(14(19)17-16(18)23)9-10-12(21-2)6-5-7-13(10)22-3/h4-7,9H,1,8H2,2-3H3,(H,17,19,23)/b11-9+. The smallest absolute Gasteiger partial charge is 0.265 e. The summed E-state index contributed by atoms with van der Waals surface area (Å²) in [6, 6.07) is 5.18. The maximum absolute atomic E-state index is 12.5. The first-order valence-electron chi connectivity index (χ1n) is 6.74. The van der Waals surface area contributed by atoms with E-state index in [4.69, 9.17) is 21.7 Å². The highest BCUT2D eigenvalue weighted by Gasteiger charge is 2.33. The first kappa shape index (κ1) is 16.7. The Kier molecular flexibility index (Phi) is 5.13. The Hall–Kier alpha value is -2.67. The Labute approximate surface area is 139 Å². The number of amides is 2. The number of hydrogen-bond donors (Lipinski definition) is 1. The minimum Gasteiger partial charge on any atom is -0.496 e. The minimum absolute atomic E-state index is 0.0525. The average molecular weight is 332 g/mol. The maximum Gasteiger partial charge on any atom is 0.265 e. The van der Waals surface area contributed by atoms with Crippen LogP contribution in [0.25, 0.3) is 6.08 Å². The summed E-state index contributed by atoms with van der Waals surface area (Å²) in [6.45, 7) is 3.79. The molecule has 0 atom stereocenters. The van der Waals surface area contributed by atoms with Crippen LogP contribution in [0.2, 0.25) is 0 Å². The van der Waals surface area contributed by atoms with Gasteiger partial charge in [0.15, 0.2) is 5.11 Å². The Balaban J connectivity index is 2.53. The molecule has 23 heavy (non-hydrogen) atoms. The van der Waals surface area contributed by atoms with Crippen LogP contribution < -0.4 is 14.8 Å². The fourth-order valence-electron chi connectivity index (χ4n) is 2.16. The van der Waals surface area contributed by atoms with E-state index in [1.54, 1.807) is 18.2 Å². The Morgan fingerprint density at radius 2 is 1.87 bits per heavy atom. The molecule has 120 valence electrons. The highest BCUT2D eigenvalue weighted by Crippen LogP contribution is 2.31. The summed E-state index contributed by atoms with van der Waals surface area (Å²) in [7, 11) is 3.00. The lowest BCUT2D eigenvalue weighted by Gasteiger charge is -2.28. The van der Waals surface area contributed by atoms with Crippen LogP contribution in [-0.2, 0) is 9.59 Å². The van der Waals surface area contributed by atoms with Gasteiger partial charge in [0.2, 0.25) is 0 Å². The number of ether oxygens (including phenoxy) is 2. The molecule has 0 bridgehead atoms. The van der Waals surface area contributed by atoms with Crippen LogP contribution in [0.4, 0.5) is 0 Å². The van der Waals surface area contributed by atoms with Crippen molar-refractivity contribution in [3.63, 3.8) is 0 Å². The molecule has 0 aliphatic carbocycles. The monoisotopic (exact) mass is 332 g/mol. The van der Waals surface area contributed by atoms with Gasteiger partial charge in [-0.15, -0.1) is 6.58 Å². The van der Waals surface area contributed by atoms with Crippen molar-refractivity contribution in [1.29, 1.82) is 0 Å². The van der Waals surface area contributed by atoms with Gasteiger partial charge in [0, 0.05) is 6.54 Å². The number of nitrogens with one attached hydrogen (secondary N) is 1. The van der Waals surface area contributed by atoms with Crippen molar-refractivity contribution < 1.29 is 19.1 Å². The quantitative estimate of drug-likeness (QED) is 0.383. The van der Waals surface area contributed by atoms with Crippen molar-refractivity contribution in [2.24, 2.45) is 0 Å². The third kappa shape index (κ3) is 3.24. The number of carbonyl (C=O) groups is 2. The predicted octanol–water partition coefficient (Wildman–Crippen LogP) is 1.52. The number of benzene rings is 1. The summed E-state index contributed by atoms with van der Waals surface area (Å²) in [4.78, 5) is 25.9. The lowest BCUT2D eigenvalue weighted by atomic mass is 10.1. The van der Waals surface area contributed by atoms with Crippen LogP contribution in [0.3, 0.4) is 0 Å². The van der Waals surface area contributed by atoms with E-state index in [0.29, 0.717) is 17.1 Å². The predicted molar refractivity (Wildman–Crippen MR) is 90.2 cm³/mol. The van der Waals surface area contributed by atoms with Gasteiger partial charge in [-0.25, -0.2) is 0 Å². The summed E-state index contributed by atoms with van der Waals surface area (Å²) in [5, 5.41) is 2.55. The summed E-state index contributed by atoms with van der Waals surface area (Å²) < 4.78 is 10.5. The molecule has 1 saturated heterocycles. The van der Waals surface area contributed by atoms with Gasteiger partial charge >= 0.3 is 0 Å². The number of rotatable bonds is 5. The zero-order valence-corrected chi connectivity index (χ0v) is 13.6. The highest BCUT2D eigenvalue weighted by molar-refractivity contribution is 7.80. The molecule has 7 heteroatoms. The first-order chi connectivity index (χ1) is 11.0. The summed E-state index contributed by atoms with van der Waals surface area (Å²) in [5.41, 5.74) is 0.450. The largest absolute Gasteiger partial charge is 0.496 e. The maximum atomic E-state index is 12.5. The van der Waals surface area contributed by atoms with Crippen molar-refractivity contribution in [3.05, 3.63) is 42.0 Å². The molecule has 2 rings (SSSR count). The molecule has 0 radical (unpaired) electrons. The van der Waals surface area contributed by atoms with E-state index >= 15 is 0 Å². The summed E-state index contributed by atoms with van der Waals surface area (Å²) in [5.74, 6) is -0.0818. The minimum atomic E-state index is -0.562. The van der Waals surface area contributed by atoms with E-state index in [0.717, 1.165) is 0 Å². The van der Waals surface area contributed by atoms with Crippen LogP contribution >= 0.6 is 12.2 Å². The molecule has 1 fully saturated rings. The molecule has 1 aromatic rings. The zero-order valence-electron chi connectivity index (χ0n) is 12.8. The van der Waals surface area contributed by atoms with Crippen LogP contribution in [-0.4, -0.2) is 42.6 Å². The number of thiocarbonyl (C=S) groups is 1. The summed E-state index contributed by atoms with van der Waals surface area (Å²) in [6.07, 6.45) is 2.97. The molecule has 0 unspecified atom stereocenters. The van der Waals surface area contributed by atoms with Crippen molar-refractivity contribution in [2.75, 3.05) is 20.8 Å². The number of carbonyl (C=O) groups excluding carboxylic acids is 2. The zero-order chi connectivity index (χ0) is 17.0. The fourth-order valence-corrected chi connectivity index (χ4v) is 2.41. The third-order valence-corrected chi connectivity index (χ3v) is 3.57. The van der Waals surface area contributed by atoms with Crippen molar-refractivity contribution in [3.8, 4) is 11.5 Å². The molecule has 1 aromatic carbocycles. The van der Waals surface area contributed by atoms with E-state index in [2.05, 4.69) is 11.9 Å². The lowest BCUT2D eigenvalue weighted by Crippen LogP contribution is -2.53. The molecule has 0 spiro atoms. The summed E-state index contributed by atoms with van der Waals surface area (Å²) >= 11 is 5.01. The molecule has 1 aliphatic heterocycles. The number of methoxy groups -OCH3 is 2. The SMILES string of the molecule is C=CCN1C(=O)/C(=C/c2c(OC)cccc2OC)C(=O)NC1=S. The Bertz CT molecular complexity index is 690. The third-order valence-electron chi connectivity index (χ3n) is 3.25. The second-order valence-corrected chi connectivity index (χ2v) is 4.98. The molecular formula is C16H16N2O4S. The molecule has 1 N–H and O–H groups in total. The number of hydrogen-bond acceptors (Lipinski definition) is 5.